The predicted octanol–water partition coefficient (Wildman–Crippen LogP) is 0.720. The highest BCUT2D eigenvalue weighted by molar-refractivity contribution is 7.88. The molecular weight excluding hydrogens is 356 g/mol. The SMILES string of the molecule is COc1cccc(C(=O)N2CC[C@H]3CN(S(C)(=O)=O)C[C@@]3(CO)C2)c1C. The number of hydrogen-bond donors (Lipinski definition) is 1. The van der Waals surface area contributed by atoms with Gasteiger partial charge in [-0.05, 0) is 31.4 Å². The van der Waals surface area contributed by atoms with Crippen molar-refractivity contribution in [2.75, 3.05) is 46.2 Å². The second kappa shape index (κ2) is 6.83. The van der Waals surface area contributed by atoms with E-state index in [4.69, 9.17) is 4.74 Å². The van der Waals surface area contributed by atoms with Gasteiger partial charge in [-0.2, -0.15) is 0 Å². The number of aliphatic hydroxyl groups excluding tert-OH is 1. The Morgan fingerprint density at radius 1 is 1.38 bits per heavy atom. The molecule has 0 unspecified atom stereocenters. The van der Waals surface area contributed by atoms with Crippen molar-refractivity contribution in [2.45, 2.75) is 13.3 Å². The van der Waals surface area contributed by atoms with Gasteiger partial charge in [0.25, 0.3) is 5.91 Å². The fourth-order valence-electron chi connectivity index (χ4n) is 4.22. The quantitative estimate of drug-likeness (QED) is 0.829. The molecule has 1 N–H and O–H groups in total. The fourth-order valence-corrected chi connectivity index (χ4v) is 5.17. The molecule has 0 radical (unpaired) electrons. The van der Waals surface area contributed by atoms with Gasteiger partial charge in [0.15, 0.2) is 0 Å². The standard InChI is InChI=1S/C18H26N2O5S/c1-13-15(5-4-6-16(13)25-2)17(22)19-8-7-14-9-20(26(3,23)24)11-18(14,10-19)12-21/h4-6,14,21H,7-12H2,1-3H3/t14-,18+/m0/s1. The van der Waals surface area contributed by atoms with Gasteiger partial charge in [0.1, 0.15) is 5.75 Å². The van der Waals surface area contributed by atoms with Crippen LogP contribution < -0.4 is 4.74 Å². The summed E-state index contributed by atoms with van der Waals surface area (Å²) in [6.45, 7) is 3.30. The van der Waals surface area contributed by atoms with Crippen molar-refractivity contribution in [2.24, 2.45) is 11.3 Å². The lowest BCUT2D eigenvalue weighted by Gasteiger charge is -2.43. The maximum Gasteiger partial charge on any atom is 0.254 e. The molecule has 2 atom stereocenters. The van der Waals surface area contributed by atoms with Crippen LogP contribution in [0.25, 0.3) is 0 Å². The summed E-state index contributed by atoms with van der Waals surface area (Å²) in [4.78, 5) is 14.8. The minimum absolute atomic E-state index is 0.0673. The summed E-state index contributed by atoms with van der Waals surface area (Å²) in [6.07, 6.45) is 1.87. The molecule has 2 aliphatic heterocycles. The number of likely N-dealkylation sites (tertiary alicyclic amines) is 1. The van der Waals surface area contributed by atoms with E-state index in [1.54, 1.807) is 24.1 Å². The van der Waals surface area contributed by atoms with Gasteiger partial charge < -0.3 is 14.7 Å². The monoisotopic (exact) mass is 382 g/mol. The second-order valence-electron chi connectivity index (χ2n) is 7.42. The first kappa shape index (κ1) is 19.1. The summed E-state index contributed by atoms with van der Waals surface area (Å²) >= 11 is 0. The van der Waals surface area contributed by atoms with E-state index < -0.39 is 15.4 Å². The molecule has 8 heteroatoms. The van der Waals surface area contributed by atoms with Crippen molar-refractivity contribution in [3.63, 3.8) is 0 Å². The van der Waals surface area contributed by atoms with Gasteiger partial charge in [0.2, 0.25) is 10.0 Å². The van der Waals surface area contributed by atoms with Crippen molar-refractivity contribution in [1.29, 1.82) is 0 Å². The van der Waals surface area contributed by atoms with Crippen molar-refractivity contribution in [3.8, 4) is 5.75 Å². The van der Waals surface area contributed by atoms with Crippen LogP contribution in [0, 0.1) is 18.3 Å². The highest BCUT2D eigenvalue weighted by atomic mass is 32.2. The Labute approximate surface area is 154 Å². The molecule has 7 nitrogen and oxygen atoms in total. The minimum atomic E-state index is -3.31. The number of ether oxygens (including phenoxy) is 1. The van der Waals surface area contributed by atoms with Crippen LogP contribution in [0.1, 0.15) is 22.3 Å². The average Bonchev–Trinajstić information content (AvgIpc) is 3.01. The van der Waals surface area contributed by atoms with Gasteiger partial charge >= 0.3 is 0 Å². The molecule has 0 saturated carbocycles. The average molecular weight is 382 g/mol. The molecule has 1 aromatic rings. The molecule has 0 spiro atoms. The summed E-state index contributed by atoms with van der Waals surface area (Å²) in [6, 6.07) is 5.37. The zero-order valence-corrected chi connectivity index (χ0v) is 16.3. The van der Waals surface area contributed by atoms with Gasteiger partial charge in [-0.3, -0.25) is 4.79 Å². The van der Waals surface area contributed by atoms with E-state index in [1.807, 2.05) is 13.0 Å². The zero-order chi connectivity index (χ0) is 19.1. The molecule has 2 heterocycles. The van der Waals surface area contributed by atoms with Crippen LogP contribution in [0.5, 0.6) is 5.75 Å². The Kier molecular flexibility index (Phi) is 5.02. The molecule has 144 valence electrons. The predicted molar refractivity (Wildman–Crippen MR) is 97.7 cm³/mol. The third-order valence-electron chi connectivity index (χ3n) is 5.84. The summed E-state index contributed by atoms with van der Waals surface area (Å²) in [7, 11) is -1.74. The summed E-state index contributed by atoms with van der Waals surface area (Å²) < 4.78 is 30.6. The first-order valence-corrected chi connectivity index (χ1v) is 10.6. The summed E-state index contributed by atoms with van der Waals surface area (Å²) in [5.74, 6) is 0.620. The van der Waals surface area contributed by atoms with E-state index in [-0.39, 0.29) is 25.0 Å². The minimum Gasteiger partial charge on any atom is -0.496 e. The Hall–Kier alpha value is -1.64. The van der Waals surface area contributed by atoms with E-state index in [2.05, 4.69) is 0 Å². The van der Waals surface area contributed by atoms with E-state index in [1.165, 1.54) is 10.6 Å². The third kappa shape index (κ3) is 3.21. The van der Waals surface area contributed by atoms with Crippen molar-refractivity contribution in [3.05, 3.63) is 29.3 Å². The highest BCUT2D eigenvalue weighted by Gasteiger charge is 2.52. The highest BCUT2D eigenvalue weighted by Crippen LogP contribution is 2.43. The number of nitrogens with zero attached hydrogens (tertiary/aromatic N) is 2. The number of hydrogen-bond acceptors (Lipinski definition) is 5. The van der Waals surface area contributed by atoms with Crippen LogP contribution in [0.3, 0.4) is 0 Å². The molecule has 1 aromatic carbocycles. The van der Waals surface area contributed by atoms with Crippen molar-refractivity contribution >= 4 is 15.9 Å². The number of sulfonamides is 1. The molecule has 2 saturated heterocycles. The number of amides is 1. The molecular formula is C18H26N2O5S. The number of fused-ring (bicyclic) bond motifs is 1. The fraction of sp³-hybridized carbons (Fsp3) is 0.611. The number of carbonyl (C=O) groups excluding carboxylic acids is 1. The lowest BCUT2D eigenvalue weighted by molar-refractivity contribution is 0.0129. The van der Waals surface area contributed by atoms with E-state index in [9.17, 15) is 18.3 Å². The van der Waals surface area contributed by atoms with Crippen LogP contribution >= 0.6 is 0 Å². The molecule has 2 fully saturated rings. The lowest BCUT2D eigenvalue weighted by atomic mass is 9.74. The molecule has 0 aliphatic carbocycles. The van der Waals surface area contributed by atoms with Crippen LogP contribution in [0.15, 0.2) is 18.2 Å². The molecule has 0 aromatic heterocycles. The molecule has 1 amide bonds. The van der Waals surface area contributed by atoms with Crippen LogP contribution in [0.4, 0.5) is 0 Å². The molecule has 2 aliphatic rings. The first-order valence-electron chi connectivity index (χ1n) is 8.71. The van der Waals surface area contributed by atoms with Gasteiger partial charge in [0, 0.05) is 42.7 Å². The molecule has 26 heavy (non-hydrogen) atoms. The summed E-state index contributed by atoms with van der Waals surface area (Å²) in [5.41, 5.74) is 0.766. The lowest BCUT2D eigenvalue weighted by Crippen LogP contribution is -2.52. The smallest absolute Gasteiger partial charge is 0.254 e. The van der Waals surface area contributed by atoms with E-state index >= 15 is 0 Å². The Bertz CT molecular complexity index is 810. The number of methoxy groups -OCH3 is 1. The van der Waals surface area contributed by atoms with E-state index in [0.717, 1.165) is 5.56 Å². The van der Waals surface area contributed by atoms with Gasteiger partial charge in [-0.25, -0.2) is 12.7 Å². The zero-order valence-electron chi connectivity index (χ0n) is 15.4. The largest absolute Gasteiger partial charge is 0.496 e. The number of benzene rings is 1. The maximum atomic E-state index is 13.1. The molecule has 3 rings (SSSR count). The Morgan fingerprint density at radius 3 is 2.73 bits per heavy atom. The first-order chi connectivity index (χ1) is 12.2. The topological polar surface area (TPSA) is 87.2 Å². The Balaban J connectivity index is 1.85. The van der Waals surface area contributed by atoms with Crippen LogP contribution in [-0.4, -0.2) is 74.8 Å². The Morgan fingerprint density at radius 2 is 2.12 bits per heavy atom. The maximum absolute atomic E-state index is 13.1. The number of piperidine rings is 1. The van der Waals surface area contributed by atoms with Gasteiger partial charge in [0.05, 0.1) is 20.0 Å². The molecule has 0 bridgehead atoms. The van der Waals surface area contributed by atoms with Crippen LogP contribution in [-0.2, 0) is 10.0 Å². The second-order valence-corrected chi connectivity index (χ2v) is 9.40. The number of aliphatic hydroxyl groups is 1. The number of carbonyl (C=O) groups is 1. The third-order valence-corrected chi connectivity index (χ3v) is 7.06. The van der Waals surface area contributed by atoms with E-state index in [0.29, 0.717) is 37.4 Å². The van der Waals surface area contributed by atoms with Crippen molar-refractivity contribution in [1.82, 2.24) is 9.21 Å². The number of rotatable bonds is 4. The van der Waals surface area contributed by atoms with Crippen molar-refractivity contribution < 1.29 is 23.1 Å². The van der Waals surface area contributed by atoms with Crippen LogP contribution in [0.2, 0.25) is 0 Å². The normalized spacial score (nSPS) is 26.6. The summed E-state index contributed by atoms with van der Waals surface area (Å²) in [5, 5.41) is 10.1. The van der Waals surface area contributed by atoms with Gasteiger partial charge in [-0.1, -0.05) is 6.07 Å². The van der Waals surface area contributed by atoms with Gasteiger partial charge in [-0.15, -0.1) is 0 Å².